The zero-order valence-corrected chi connectivity index (χ0v) is 10.0. The van der Waals surface area contributed by atoms with Gasteiger partial charge >= 0.3 is 12.0 Å². The summed E-state index contributed by atoms with van der Waals surface area (Å²) in [5.74, 6) is -0.737. The van der Waals surface area contributed by atoms with Gasteiger partial charge in [-0.1, -0.05) is 0 Å². The lowest BCUT2D eigenvalue weighted by molar-refractivity contribution is -0.135. The zero-order chi connectivity index (χ0) is 12.1. The molecule has 0 fully saturated rings. The molecule has 2 amide bonds. The van der Waals surface area contributed by atoms with Crippen molar-refractivity contribution in [1.82, 2.24) is 10.3 Å². The molecule has 1 aromatic rings. The molecule has 0 bridgehead atoms. The molecule has 6 nitrogen and oxygen atoms in total. The summed E-state index contributed by atoms with van der Waals surface area (Å²) < 4.78 is 0.837. The maximum absolute atomic E-state index is 11.2. The number of pyridine rings is 1. The smallest absolute Gasteiger partial charge is 0.323 e. The molecule has 16 heavy (non-hydrogen) atoms. The van der Waals surface area contributed by atoms with Crippen molar-refractivity contribution in [1.29, 1.82) is 0 Å². The second kappa shape index (κ2) is 5.45. The Kier molecular flexibility index (Phi) is 4.24. The third kappa shape index (κ3) is 3.85. The lowest BCUT2D eigenvalue weighted by atomic mass is 10.3. The minimum absolute atomic E-state index is 0.364. The number of halogens is 1. The van der Waals surface area contributed by atoms with Gasteiger partial charge in [0.2, 0.25) is 0 Å². The molecule has 0 saturated heterocycles. The van der Waals surface area contributed by atoms with Gasteiger partial charge in [0.05, 0.1) is 0 Å². The molecular formula is C9H10BrN3O3. The van der Waals surface area contributed by atoms with E-state index in [0.29, 0.717) is 5.82 Å². The quantitative estimate of drug-likeness (QED) is 0.783. The van der Waals surface area contributed by atoms with Crippen LogP contribution >= 0.6 is 15.9 Å². The maximum atomic E-state index is 11.2. The molecule has 1 aromatic heterocycles. The average Bonchev–Trinajstić information content (AvgIpc) is 2.21. The summed E-state index contributed by atoms with van der Waals surface area (Å²) in [4.78, 5) is 25.3. The Labute approximate surface area is 100 Å². The van der Waals surface area contributed by atoms with E-state index >= 15 is 0 Å². The number of carboxylic acids is 1. The monoisotopic (exact) mass is 287 g/mol. The first-order valence-electron chi connectivity index (χ1n) is 4.38. The molecule has 0 radical (unpaired) electrons. The Morgan fingerprint density at radius 3 is 2.81 bits per heavy atom. The number of carbonyl (C=O) groups excluding carboxylic acids is 1. The second-order valence-corrected chi connectivity index (χ2v) is 3.87. The molecule has 0 aromatic carbocycles. The highest BCUT2D eigenvalue weighted by Crippen LogP contribution is 2.16. The van der Waals surface area contributed by atoms with Crippen LogP contribution in [0.2, 0.25) is 0 Å². The van der Waals surface area contributed by atoms with E-state index in [2.05, 4.69) is 31.5 Å². The number of hydrogen-bond acceptors (Lipinski definition) is 3. The van der Waals surface area contributed by atoms with Gasteiger partial charge in [-0.25, -0.2) is 9.78 Å². The van der Waals surface area contributed by atoms with Gasteiger partial charge in [0, 0.05) is 10.7 Å². The molecule has 1 rings (SSSR count). The fourth-order valence-electron chi connectivity index (χ4n) is 0.924. The minimum Gasteiger partial charge on any atom is -0.480 e. The van der Waals surface area contributed by atoms with Crippen LogP contribution in [0, 0.1) is 6.92 Å². The van der Waals surface area contributed by atoms with Gasteiger partial charge in [-0.2, -0.15) is 0 Å². The topological polar surface area (TPSA) is 91.3 Å². The Morgan fingerprint density at radius 1 is 1.56 bits per heavy atom. The molecule has 0 saturated carbocycles. The van der Waals surface area contributed by atoms with Crippen molar-refractivity contribution in [3.63, 3.8) is 0 Å². The number of urea groups is 1. The van der Waals surface area contributed by atoms with Gasteiger partial charge in [0.25, 0.3) is 0 Å². The Morgan fingerprint density at radius 2 is 2.25 bits per heavy atom. The number of nitrogens with zero attached hydrogens (tertiary/aromatic N) is 1. The normalized spacial score (nSPS) is 9.62. The van der Waals surface area contributed by atoms with E-state index < -0.39 is 18.5 Å². The first kappa shape index (κ1) is 12.4. The fraction of sp³-hybridized carbons (Fsp3) is 0.222. The highest BCUT2D eigenvalue weighted by molar-refractivity contribution is 9.10. The molecule has 0 atom stereocenters. The van der Waals surface area contributed by atoms with Crippen LogP contribution in [0.1, 0.15) is 5.56 Å². The third-order valence-electron chi connectivity index (χ3n) is 1.69. The number of carbonyl (C=O) groups is 2. The van der Waals surface area contributed by atoms with E-state index in [1.54, 1.807) is 12.3 Å². The standard InChI is InChI=1S/C9H10BrN3O3/c1-5-2-7(11-3-6(5)10)13-9(16)12-4-8(14)15/h2-3H,4H2,1H3,(H,14,15)(H2,11,12,13,16). The second-order valence-electron chi connectivity index (χ2n) is 3.02. The largest absolute Gasteiger partial charge is 0.480 e. The first-order valence-corrected chi connectivity index (χ1v) is 5.17. The summed E-state index contributed by atoms with van der Waals surface area (Å²) in [5.41, 5.74) is 0.920. The highest BCUT2D eigenvalue weighted by Gasteiger charge is 2.05. The van der Waals surface area contributed by atoms with Crippen LogP contribution in [-0.2, 0) is 4.79 Å². The summed E-state index contributed by atoms with van der Waals surface area (Å²) in [6.07, 6.45) is 1.56. The van der Waals surface area contributed by atoms with Crippen LogP contribution in [-0.4, -0.2) is 28.6 Å². The summed E-state index contributed by atoms with van der Waals surface area (Å²) >= 11 is 3.28. The van der Waals surface area contributed by atoms with Crippen LogP contribution in [0.4, 0.5) is 10.6 Å². The summed E-state index contributed by atoms with van der Waals surface area (Å²) in [5, 5.41) is 12.9. The minimum atomic E-state index is -1.10. The van der Waals surface area contributed by atoms with Crippen LogP contribution < -0.4 is 10.6 Å². The van der Waals surface area contributed by atoms with Crippen molar-refractivity contribution in [3.8, 4) is 0 Å². The average molecular weight is 288 g/mol. The van der Waals surface area contributed by atoms with E-state index in [0.717, 1.165) is 10.0 Å². The molecule has 86 valence electrons. The number of rotatable bonds is 3. The predicted octanol–water partition coefficient (Wildman–Crippen LogP) is 1.36. The predicted molar refractivity (Wildman–Crippen MR) is 61.3 cm³/mol. The molecule has 0 aliphatic rings. The molecule has 0 unspecified atom stereocenters. The number of aromatic nitrogens is 1. The van der Waals surface area contributed by atoms with Crippen molar-refractivity contribution >= 4 is 33.7 Å². The van der Waals surface area contributed by atoms with E-state index in [1.807, 2.05) is 6.92 Å². The summed E-state index contributed by atoms with van der Waals surface area (Å²) in [6.45, 7) is 1.42. The van der Waals surface area contributed by atoms with Gasteiger partial charge < -0.3 is 10.4 Å². The molecule has 7 heteroatoms. The molecule has 0 aliphatic heterocycles. The molecule has 0 aliphatic carbocycles. The van der Waals surface area contributed by atoms with Crippen LogP contribution in [0.15, 0.2) is 16.7 Å². The van der Waals surface area contributed by atoms with E-state index in [9.17, 15) is 9.59 Å². The van der Waals surface area contributed by atoms with Crippen molar-refractivity contribution in [2.24, 2.45) is 0 Å². The van der Waals surface area contributed by atoms with E-state index in [-0.39, 0.29) is 0 Å². The number of aliphatic carboxylic acids is 1. The number of aryl methyl sites for hydroxylation is 1. The van der Waals surface area contributed by atoms with Crippen molar-refractivity contribution in [2.75, 3.05) is 11.9 Å². The maximum Gasteiger partial charge on any atom is 0.323 e. The molecule has 1 heterocycles. The van der Waals surface area contributed by atoms with Gasteiger partial charge in [-0.05, 0) is 34.5 Å². The third-order valence-corrected chi connectivity index (χ3v) is 2.52. The van der Waals surface area contributed by atoms with Crippen LogP contribution in [0.5, 0.6) is 0 Å². The lowest BCUT2D eigenvalue weighted by Gasteiger charge is -2.06. The Balaban J connectivity index is 2.56. The van der Waals surface area contributed by atoms with Gasteiger partial charge in [-0.3, -0.25) is 10.1 Å². The van der Waals surface area contributed by atoms with Crippen molar-refractivity contribution in [3.05, 3.63) is 22.3 Å². The summed E-state index contributed by atoms with van der Waals surface area (Å²) in [6, 6.07) is 1.07. The molecule has 3 N–H and O–H groups in total. The lowest BCUT2D eigenvalue weighted by Crippen LogP contribution is -2.33. The zero-order valence-electron chi connectivity index (χ0n) is 8.45. The Hall–Kier alpha value is -1.63. The van der Waals surface area contributed by atoms with Crippen LogP contribution in [0.3, 0.4) is 0 Å². The van der Waals surface area contributed by atoms with E-state index in [4.69, 9.17) is 5.11 Å². The number of anilines is 1. The fourth-order valence-corrected chi connectivity index (χ4v) is 1.14. The van der Waals surface area contributed by atoms with Crippen molar-refractivity contribution < 1.29 is 14.7 Å². The number of carboxylic acid groups (broad SMARTS) is 1. The number of nitrogens with one attached hydrogen (secondary N) is 2. The Bertz CT molecular complexity index is 422. The van der Waals surface area contributed by atoms with E-state index in [1.165, 1.54) is 0 Å². The number of amides is 2. The van der Waals surface area contributed by atoms with Crippen LogP contribution in [0.25, 0.3) is 0 Å². The number of hydrogen-bond donors (Lipinski definition) is 3. The van der Waals surface area contributed by atoms with Crippen molar-refractivity contribution in [2.45, 2.75) is 6.92 Å². The molecular weight excluding hydrogens is 278 g/mol. The highest BCUT2D eigenvalue weighted by atomic mass is 79.9. The van der Waals surface area contributed by atoms with Gasteiger partial charge in [-0.15, -0.1) is 0 Å². The first-order chi connectivity index (χ1) is 7.49. The van der Waals surface area contributed by atoms with Gasteiger partial charge in [0.15, 0.2) is 0 Å². The molecule has 0 spiro atoms. The van der Waals surface area contributed by atoms with Gasteiger partial charge in [0.1, 0.15) is 12.4 Å². The summed E-state index contributed by atoms with van der Waals surface area (Å²) in [7, 11) is 0. The SMILES string of the molecule is Cc1cc(NC(=O)NCC(=O)O)ncc1Br.